The van der Waals surface area contributed by atoms with Crippen LogP contribution in [0.3, 0.4) is 0 Å². The van der Waals surface area contributed by atoms with Crippen molar-refractivity contribution >= 4 is 29.6 Å². The largest absolute Gasteiger partial charge is 0.416 e. The van der Waals surface area contributed by atoms with Crippen molar-refractivity contribution in [3.05, 3.63) is 83.6 Å². The standard InChI is InChI=1S/C21H16F3N3O3/c22-21(23,24)15-9-5-10-16(12-15)25-18(28)13-27-19(29)17(26-20(27)30)11-4-8-14-6-2-1-3-7-14/h1-12H,13H2,(H,25,28)(H,26,30)/b8-4+,17-11+. The molecular weight excluding hydrogens is 399 g/mol. The van der Waals surface area contributed by atoms with E-state index in [9.17, 15) is 27.6 Å². The van der Waals surface area contributed by atoms with Gasteiger partial charge in [0.25, 0.3) is 5.91 Å². The van der Waals surface area contributed by atoms with Crippen LogP contribution in [0.1, 0.15) is 11.1 Å². The summed E-state index contributed by atoms with van der Waals surface area (Å²) in [5.41, 5.74) is -0.142. The molecule has 3 rings (SSSR count). The number of carbonyl (C=O) groups is 3. The molecule has 1 fully saturated rings. The summed E-state index contributed by atoms with van der Waals surface area (Å²) in [6.45, 7) is -0.638. The van der Waals surface area contributed by atoms with Crippen molar-refractivity contribution in [1.82, 2.24) is 10.2 Å². The van der Waals surface area contributed by atoms with Crippen LogP contribution < -0.4 is 10.6 Å². The third-order valence-electron chi connectivity index (χ3n) is 4.09. The molecule has 2 aromatic carbocycles. The van der Waals surface area contributed by atoms with Gasteiger partial charge in [0.1, 0.15) is 12.2 Å². The van der Waals surface area contributed by atoms with Crippen LogP contribution in [0, 0.1) is 0 Å². The van der Waals surface area contributed by atoms with Gasteiger partial charge < -0.3 is 10.6 Å². The molecule has 1 saturated heterocycles. The molecule has 0 bridgehead atoms. The molecule has 0 unspecified atom stereocenters. The number of alkyl halides is 3. The number of benzene rings is 2. The lowest BCUT2D eigenvalue weighted by Crippen LogP contribution is -2.38. The topological polar surface area (TPSA) is 78.5 Å². The zero-order chi connectivity index (χ0) is 21.7. The Morgan fingerprint density at radius 3 is 2.50 bits per heavy atom. The number of carbonyl (C=O) groups excluding carboxylic acids is 3. The summed E-state index contributed by atoms with van der Waals surface area (Å²) in [6.07, 6.45) is 0.154. The van der Waals surface area contributed by atoms with Gasteiger partial charge in [0.15, 0.2) is 0 Å². The molecule has 0 radical (unpaired) electrons. The van der Waals surface area contributed by atoms with E-state index in [0.717, 1.165) is 23.8 Å². The third-order valence-corrected chi connectivity index (χ3v) is 4.09. The number of anilines is 1. The summed E-state index contributed by atoms with van der Waals surface area (Å²) in [6, 6.07) is 12.5. The average molecular weight is 415 g/mol. The second-order valence-corrected chi connectivity index (χ2v) is 6.30. The first-order valence-corrected chi connectivity index (χ1v) is 8.77. The minimum atomic E-state index is -4.56. The van der Waals surface area contributed by atoms with Gasteiger partial charge in [-0.25, -0.2) is 9.69 Å². The summed E-state index contributed by atoms with van der Waals surface area (Å²) in [4.78, 5) is 37.1. The summed E-state index contributed by atoms with van der Waals surface area (Å²) in [5.74, 6) is -1.52. The molecule has 1 heterocycles. The van der Waals surface area contributed by atoms with E-state index in [2.05, 4.69) is 10.6 Å². The number of hydrogen-bond donors (Lipinski definition) is 2. The molecule has 0 aliphatic carbocycles. The zero-order valence-corrected chi connectivity index (χ0v) is 15.4. The number of allylic oxidation sites excluding steroid dienone is 2. The summed E-state index contributed by atoms with van der Waals surface area (Å²) >= 11 is 0. The molecule has 2 aromatic rings. The molecule has 0 atom stereocenters. The Morgan fingerprint density at radius 2 is 1.80 bits per heavy atom. The van der Waals surface area contributed by atoms with E-state index in [1.165, 1.54) is 12.1 Å². The van der Waals surface area contributed by atoms with Gasteiger partial charge in [0.2, 0.25) is 5.91 Å². The second kappa shape index (κ2) is 8.64. The van der Waals surface area contributed by atoms with Crippen molar-refractivity contribution < 1.29 is 27.6 Å². The lowest BCUT2D eigenvalue weighted by Gasteiger charge is -2.13. The first kappa shape index (κ1) is 20.8. The van der Waals surface area contributed by atoms with Crippen LogP contribution in [0.2, 0.25) is 0 Å². The second-order valence-electron chi connectivity index (χ2n) is 6.30. The average Bonchev–Trinajstić information content (AvgIpc) is 2.96. The van der Waals surface area contributed by atoms with Crippen molar-refractivity contribution in [3.63, 3.8) is 0 Å². The van der Waals surface area contributed by atoms with Gasteiger partial charge in [0, 0.05) is 5.69 Å². The van der Waals surface area contributed by atoms with Crippen molar-refractivity contribution in [1.29, 1.82) is 0 Å². The van der Waals surface area contributed by atoms with E-state index in [-0.39, 0.29) is 11.4 Å². The molecule has 0 spiro atoms. The van der Waals surface area contributed by atoms with Crippen LogP contribution >= 0.6 is 0 Å². The van der Waals surface area contributed by atoms with Gasteiger partial charge in [-0.1, -0.05) is 48.6 Å². The van der Waals surface area contributed by atoms with E-state index >= 15 is 0 Å². The number of imide groups is 1. The smallest absolute Gasteiger partial charge is 0.325 e. The Morgan fingerprint density at radius 1 is 1.07 bits per heavy atom. The van der Waals surface area contributed by atoms with Gasteiger partial charge in [-0.05, 0) is 29.8 Å². The molecule has 30 heavy (non-hydrogen) atoms. The highest BCUT2D eigenvalue weighted by Gasteiger charge is 2.35. The van der Waals surface area contributed by atoms with E-state index in [1.807, 2.05) is 30.3 Å². The van der Waals surface area contributed by atoms with E-state index < -0.39 is 36.1 Å². The monoisotopic (exact) mass is 415 g/mol. The maximum absolute atomic E-state index is 12.8. The van der Waals surface area contributed by atoms with E-state index in [4.69, 9.17) is 0 Å². The molecule has 4 amide bonds. The SMILES string of the molecule is O=C(CN1C(=O)N/C(=C/C=C/c2ccccc2)C1=O)Nc1cccc(C(F)(F)F)c1. The molecule has 1 aliphatic heterocycles. The minimum absolute atomic E-state index is 0.0148. The van der Waals surface area contributed by atoms with Crippen LogP contribution in [0.4, 0.5) is 23.7 Å². The maximum atomic E-state index is 12.8. The minimum Gasteiger partial charge on any atom is -0.325 e. The quantitative estimate of drug-likeness (QED) is 0.576. The molecule has 154 valence electrons. The van der Waals surface area contributed by atoms with Gasteiger partial charge >= 0.3 is 12.2 Å². The Bertz CT molecular complexity index is 1030. The predicted octanol–water partition coefficient (Wildman–Crippen LogP) is 3.79. The normalized spacial score (nSPS) is 15.7. The number of rotatable bonds is 5. The van der Waals surface area contributed by atoms with Crippen LogP contribution in [0.25, 0.3) is 6.08 Å². The lowest BCUT2D eigenvalue weighted by molar-refractivity contribution is -0.137. The van der Waals surface area contributed by atoms with E-state index in [0.29, 0.717) is 4.90 Å². The zero-order valence-electron chi connectivity index (χ0n) is 15.4. The van der Waals surface area contributed by atoms with Crippen molar-refractivity contribution in [2.24, 2.45) is 0 Å². The lowest BCUT2D eigenvalue weighted by atomic mass is 10.2. The highest BCUT2D eigenvalue weighted by atomic mass is 19.4. The molecule has 9 heteroatoms. The van der Waals surface area contributed by atoms with Crippen LogP contribution in [-0.2, 0) is 15.8 Å². The van der Waals surface area contributed by atoms with Crippen molar-refractivity contribution in [3.8, 4) is 0 Å². The van der Waals surface area contributed by atoms with Crippen LogP contribution in [0.15, 0.2) is 72.4 Å². The number of nitrogens with zero attached hydrogens (tertiary/aromatic N) is 1. The number of urea groups is 1. The number of amides is 4. The van der Waals surface area contributed by atoms with Gasteiger partial charge in [-0.3, -0.25) is 9.59 Å². The molecule has 1 aliphatic rings. The summed E-state index contributed by atoms with van der Waals surface area (Å²) in [7, 11) is 0. The summed E-state index contributed by atoms with van der Waals surface area (Å²) in [5, 5.41) is 4.61. The van der Waals surface area contributed by atoms with Gasteiger partial charge in [-0.2, -0.15) is 13.2 Å². The molecule has 0 saturated carbocycles. The van der Waals surface area contributed by atoms with Crippen LogP contribution in [0.5, 0.6) is 0 Å². The fraction of sp³-hybridized carbons (Fsp3) is 0.0952. The fourth-order valence-corrected chi connectivity index (χ4v) is 2.67. The highest BCUT2D eigenvalue weighted by Crippen LogP contribution is 2.30. The Labute approximate surface area is 169 Å². The highest BCUT2D eigenvalue weighted by molar-refractivity contribution is 6.14. The van der Waals surface area contributed by atoms with Crippen molar-refractivity contribution in [2.75, 3.05) is 11.9 Å². The summed E-state index contributed by atoms with van der Waals surface area (Å²) < 4.78 is 38.3. The number of nitrogens with one attached hydrogen (secondary N) is 2. The molecule has 0 aromatic heterocycles. The Hall–Kier alpha value is -3.88. The van der Waals surface area contributed by atoms with Gasteiger partial charge in [0.05, 0.1) is 5.56 Å². The predicted molar refractivity (Wildman–Crippen MR) is 104 cm³/mol. The Balaban J connectivity index is 1.63. The van der Waals surface area contributed by atoms with Crippen LogP contribution in [-0.4, -0.2) is 29.3 Å². The maximum Gasteiger partial charge on any atom is 0.416 e. The van der Waals surface area contributed by atoms with Gasteiger partial charge in [-0.15, -0.1) is 0 Å². The molecular formula is C21H16F3N3O3. The van der Waals surface area contributed by atoms with E-state index in [1.54, 1.807) is 12.2 Å². The van der Waals surface area contributed by atoms with Crippen molar-refractivity contribution in [2.45, 2.75) is 6.18 Å². The first-order valence-electron chi connectivity index (χ1n) is 8.77. The number of halogens is 3. The molecule has 6 nitrogen and oxygen atoms in total. The first-order chi connectivity index (χ1) is 14.2. The Kier molecular flexibility index (Phi) is 6.01. The fourth-order valence-electron chi connectivity index (χ4n) is 2.67. The third kappa shape index (κ3) is 5.13. The number of hydrogen-bond acceptors (Lipinski definition) is 3. The molecule has 2 N–H and O–H groups in total.